The average molecular weight is 572 g/mol. The zero-order valence-corrected chi connectivity index (χ0v) is 20.9. The quantitative estimate of drug-likeness (QED) is 0.481. The van der Waals surface area contributed by atoms with Crippen molar-refractivity contribution in [2.45, 2.75) is 43.0 Å². The number of halogens is 6. The normalized spacial score (nSPS) is 27.8. The number of fused-ring (bicyclic) bond motifs is 1. The summed E-state index contributed by atoms with van der Waals surface area (Å²) in [6, 6.07) is 0. The number of alkyl halides is 6. The molecule has 0 unspecified atom stereocenters. The van der Waals surface area contributed by atoms with Crippen LogP contribution in [0.5, 0.6) is 0 Å². The number of likely N-dealkylation sites (N-methyl/N-ethyl adjacent to an activating group) is 1. The maximum absolute atomic E-state index is 12.5. The molecule has 4 aliphatic rings. The maximum Gasteiger partial charge on any atom is 0.490 e. The minimum atomic E-state index is -5.08. The Balaban J connectivity index is 0.000000286. The van der Waals surface area contributed by atoms with Crippen LogP contribution in [0.25, 0.3) is 0 Å². The highest BCUT2D eigenvalue weighted by Gasteiger charge is 2.47. The Kier molecular flexibility index (Phi) is 10.6. The average Bonchev–Trinajstić information content (AvgIpc) is 3.58. The monoisotopic (exact) mass is 571 g/mol. The molecule has 3 aliphatic heterocycles. The molecule has 0 aromatic heterocycles. The van der Waals surface area contributed by atoms with Gasteiger partial charge in [-0.25, -0.2) is 22.3 Å². The summed E-state index contributed by atoms with van der Waals surface area (Å²) in [6.07, 6.45) is -7.28. The van der Waals surface area contributed by atoms with Gasteiger partial charge in [-0.1, -0.05) is 0 Å². The molecular formula is C20H31F6N3O7S. The topological polar surface area (TPSA) is 128 Å². The molecule has 4 fully saturated rings. The molecule has 10 nitrogen and oxygen atoms in total. The predicted octanol–water partition coefficient (Wildman–Crippen LogP) is 1.33. The van der Waals surface area contributed by atoms with E-state index in [2.05, 4.69) is 16.8 Å². The van der Waals surface area contributed by atoms with E-state index in [1.165, 1.54) is 0 Å². The third-order valence-corrected chi connectivity index (χ3v) is 8.96. The molecule has 17 heteroatoms. The van der Waals surface area contributed by atoms with E-state index in [0.717, 1.165) is 58.6 Å². The van der Waals surface area contributed by atoms with Crippen molar-refractivity contribution in [2.75, 3.05) is 59.5 Å². The number of piperidine rings is 1. The molecule has 2 N–H and O–H groups in total. The molecule has 0 amide bonds. The Hall–Kier alpha value is -1.69. The first-order valence-electron chi connectivity index (χ1n) is 11.5. The molecule has 0 spiro atoms. The van der Waals surface area contributed by atoms with Gasteiger partial charge in [-0.3, -0.25) is 4.90 Å². The fourth-order valence-electron chi connectivity index (χ4n) is 4.28. The zero-order valence-electron chi connectivity index (χ0n) is 20.0. The third kappa shape index (κ3) is 9.53. The second-order valence-corrected chi connectivity index (χ2v) is 11.6. The first kappa shape index (κ1) is 31.5. The number of nitrogens with zero attached hydrogens (tertiary/aromatic N) is 3. The van der Waals surface area contributed by atoms with Crippen molar-refractivity contribution in [2.24, 2.45) is 11.8 Å². The van der Waals surface area contributed by atoms with Crippen molar-refractivity contribution in [3.63, 3.8) is 0 Å². The van der Waals surface area contributed by atoms with E-state index >= 15 is 0 Å². The lowest BCUT2D eigenvalue weighted by molar-refractivity contribution is -0.193. The van der Waals surface area contributed by atoms with Gasteiger partial charge in [0.25, 0.3) is 0 Å². The van der Waals surface area contributed by atoms with E-state index in [1.807, 2.05) is 0 Å². The second kappa shape index (κ2) is 12.4. The van der Waals surface area contributed by atoms with Crippen molar-refractivity contribution < 1.29 is 59.3 Å². The van der Waals surface area contributed by atoms with Crippen LogP contribution in [0.4, 0.5) is 26.3 Å². The minimum absolute atomic E-state index is 0.0857. The van der Waals surface area contributed by atoms with Crippen LogP contribution in [0.2, 0.25) is 0 Å². The van der Waals surface area contributed by atoms with Crippen LogP contribution < -0.4 is 0 Å². The highest BCUT2D eigenvalue weighted by Crippen LogP contribution is 2.39. The molecule has 3 saturated heterocycles. The van der Waals surface area contributed by atoms with Gasteiger partial charge in [-0.15, -0.1) is 0 Å². The Labute approximate surface area is 210 Å². The van der Waals surface area contributed by atoms with Crippen molar-refractivity contribution in [3.05, 3.63) is 0 Å². The third-order valence-electron chi connectivity index (χ3n) is 6.60. The first-order chi connectivity index (χ1) is 16.9. The molecular weight excluding hydrogens is 540 g/mol. The molecule has 3 atom stereocenters. The van der Waals surface area contributed by atoms with E-state index in [4.69, 9.17) is 24.5 Å². The smallest absolute Gasteiger partial charge is 0.475 e. The molecule has 3 heterocycles. The van der Waals surface area contributed by atoms with Gasteiger partial charge in [0.2, 0.25) is 10.0 Å². The number of rotatable bonds is 4. The Morgan fingerprint density at radius 3 is 1.81 bits per heavy atom. The van der Waals surface area contributed by atoms with Crippen LogP contribution in [0.15, 0.2) is 0 Å². The summed E-state index contributed by atoms with van der Waals surface area (Å²) in [6.45, 7) is 7.58. The number of hydrogen-bond donors (Lipinski definition) is 2. The summed E-state index contributed by atoms with van der Waals surface area (Å²) in [5.74, 6) is -4.57. The van der Waals surface area contributed by atoms with Crippen molar-refractivity contribution in [1.82, 2.24) is 14.1 Å². The van der Waals surface area contributed by atoms with E-state index in [-0.39, 0.29) is 11.4 Å². The Morgan fingerprint density at radius 2 is 1.38 bits per heavy atom. The number of carbonyl (C=O) groups is 2. The fourth-order valence-corrected chi connectivity index (χ4v) is 6.17. The standard InChI is InChI=1S/C16H29N3O3S.2C2HF3O2/c1-17-6-8-18(9-7-17)11-16-15-10-19(5-4-13(15)12-22-16)23(20,21)14-2-3-14;2*3-2(4,5)1(6)7/h13-16H,2-12H2,1H3;2*(H,6,7)/t13-,15-,16+;;/m0../s1. The van der Waals surface area contributed by atoms with Gasteiger partial charge >= 0.3 is 24.3 Å². The number of aliphatic carboxylic acids is 2. The zero-order chi connectivity index (χ0) is 28.2. The number of sulfonamides is 1. The maximum atomic E-state index is 12.5. The number of ether oxygens (including phenoxy) is 1. The van der Waals surface area contributed by atoms with E-state index < -0.39 is 34.3 Å². The summed E-state index contributed by atoms with van der Waals surface area (Å²) in [5, 5.41) is 14.2. The molecule has 1 aliphatic carbocycles. The van der Waals surface area contributed by atoms with Gasteiger partial charge in [0.05, 0.1) is 18.0 Å². The molecule has 0 bridgehead atoms. The van der Waals surface area contributed by atoms with Gasteiger partial charge in [0, 0.05) is 51.7 Å². The largest absolute Gasteiger partial charge is 0.490 e. The number of hydrogen-bond acceptors (Lipinski definition) is 7. The molecule has 0 aromatic carbocycles. The molecule has 37 heavy (non-hydrogen) atoms. The number of piperazine rings is 1. The van der Waals surface area contributed by atoms with Gasteiger partial charge < -0.3 is 19.8 Å². The summed E-state index contributed by atoms with van der Waals surface area (Å²) in [5.41, 5.74) is 0. The first-order valence-corrected chi connectivity index (χ1v) is 13.0. The summed E-state index contributed by atoms with van der Waals surface area (Å²) < 4.78 is 96.4. The van der Waals surface area contributed by atoms with E-state index in [1.54, 1.807) is 4.31 Å². The molecule has 4 rings (SSSR count). The summed E-state index contributed by atoms with van der Waals surface area (Å²) in [7, 11) is -0.866. The van der Waals surface area contributed by atoms with Gasteiger partial charge in [-0.05, 0) is 32.2 Å². The number of carboxylic acid groups (broad SMARTS) is 2. The molecule has 0 aromatic rings. The van der Waals surface area contributed by atoms with Gasteiger partial charge in [-0.2, -0.15) is 26.3 Å². The van der Waals surface area contributed by atoms with Crippen molar-refractivity contribution in [3.8, 4) is 0 Å². The lowest BCUT2D eigenvalue weighted by Gasteiger charge is -2.38. The van der Waals surface area contributed by atoms with Gasteiger partial charge in [0.1, 0.15) is 0 Å². The van der Waals surface area contributed by atoms with Crippen LogP contribution >= 0.6 is 0 Å². The SMILES string of the molecule is CN1CCN(C[C@H]2OC[C@@H]3CCN(S(=O)(=O)C4CC4)C[C@@H]32)CC1.O=C(O)C(F)(F)F.O=C(O)C(F)(F)F. The highest BCUT2D eigenvalue weighted by atomic mass is 32.2. The van der Waals surface area contributed by atoms with Crippen molar-refractivity contribution in [1.29, 1.82) is 0 Å². The van der Waals surface area contributed by atoms with Crippen LogP contribution in [0.3, 0.4) is 0 Å². The van der Waals surface area contributed by atoms with Crippen LogP contribution in [0, 0.1) is 11.8 Å². The molecule has 216 valence electrons. The Morgan fingerprint density at radius 1 is 0.892 bits per heavy atom. The second-order valence-electron chi connectivity index (χ2n) is 9.40. The predicted molar refractivity (Wildman–Crippen MR) is 116 cm³/mol. The highest BCUT2D eigenvalue weighted by molar-refractivity contribution is 7.90. The van der Waals surface area contributed by atoms with Crippen molar-refractivity contribution >= 4 is 22.0 Å². The minimum Gasteiger partial charge on any atom is -0.475 e. The van der Waals surface area contributed by atoms with Gasteiger partial charge in [0.15, 0.2) is 0 Å². The fraction of sp³-hybridized carbons (Fsp3) is 0.900. The summed E-state index contributed by atoms with van der Waals surface area (Å²) >= 11 is 0. The Bertz CT molecular complexity index is 866. The number of carboxylic acids is 2. The van der Waals surface area contributed by atoms with Crippen LogP contribution in [0.1, 0.15) is 19.3 Å². The lowest BCUT2D eigenvalue weighted by atomic mass is 9.85. The van der Waals surface area contributed by atoms with Crippen LogP contribution in [-0.2, 0) is 24.3 Å². The molecule has 1 saturated carbocycles. The molecule has 0 radical (unpaired) electrons. The van der Waals surface area contributed by atoms with E-state index in [9.17, 15) is 34.8 Å². The lowest BCUT2D eigenvalue weighted by Crippen LogP contribution is -2.51. The van der Waals surface area contributed by atoms with Crippen LogP contribution in [-0.4, -0.2) is 128 Å². The van der Waals surface area contributed by atoms with E-state index in [0.29, 0.717) is 24.9 Å². The summed E-state index contributed by atoms with van der Waals surface area (Å²) in [4.78, 5) is 22.6.